The molecule has 1 aromatic heterocycles. The molecule has 4 heteroatoms. The number of hydrogen-bond acceptors (Lipinski definition) is 4. The average molecular weight is 222 g/mol. The normalized spacial score (nSPS) is 10.6. The smallest absolute Gasteiger partial charge is 0.149 e. The van der Waals surface area contributed by atoms with Crippen LogP contribution in [0.5, 0.6) is 0 Å². The van der Waals surface area contributed by atoms with Crippen LogP contribution in [0, 0.1) is 5.92 Å². The van der Waals surface area contributed by atoms with Crippen LogP contribution in [-0.2, 0) is 0 Å². The molecular formula is C12H22N4. The van der Waals surface area contributed by atoms with Gasteiger partial charge in [-0.15, -0.1) is 0 Å². The summed E-state index contributed by atoms with van der Waals surface area (Å²) >= 11 is 0. The molecule has 0 spiro atoms. The molecule has 0 saturated heterocycles. The Morgan fingerprint density at radius 3 is 2.62 bits per heavy atom. The minimum atomic E-state index is 0.629. The van der Waals surface area contributed by atoms with Gasteiger partial charge in [0.1, 0.15) is 11.6 Å². The SMILES string of the molecule is CCNc1cncc(N(CC)CC(C)C)n1. The van der Waals surface area contributed by atoms with E-state index in [1.165, 1.54) is 0 Å². The highest BCUT2D eigenvalue weighted by atomic mass is 15.2. The second kappa shape index (κ2) is 6.30. The Bertz CT molecular complexity index is 312. The summed E-state index contributed by atoms with van der Waals surface area (Å²) in [4.78, 5) is 11.0. The van der Waals surface area contributed by atoms with E-state index < -0.39 is 0 Å². The van der Waals surface area contributed by atoms with Gasteiger partial charge in [-0.1, -0.05) is 13.8 Å². The van der Waals surface area contributed by atoms with E-state index in [0.717, 1.165) is 31.3 Å². The van der Waals surface area contributed by atoms with Gasteiger partial charge in [0, 0.05) is 19.6 Å². The molecule has 0 amide bonds. The quantitative estimate of drug-likeness (QED) is 0.802. The molecule has 4 nitrogen and oxygen atoms in total. The molecule has 0 unspecified atom stereocenters. The summed E-state index contributed by atoms with van der Waals surface area (Å²) < 4.78 is 0. The minimum Gasteiger partial charge on any atom is -0.369 e. The van der Waals surface area contributed by atoms with Crippen molar-refractivity contribution in [2.75, 3.05) is 29.9 Å². The molecule has 0 aromatic carbocycles. The zero-order valence-corrected chi connectivity index (χ0v) is 10.7. The Hall–Kier alpha value is -1.32. The number of anilines is 2. The van der Waals surface area contributed by atoms with Gasteiger partial charge < -0.3 is 10.2 Å². The highest BCUT2D eigenvalue weighted by Gasteiger charge is 2.08. The zero-order chi connectivity index (χ0) is 12.0. The van der Waals surface area contributed by atoms with E-state index in [0.29, 0.717) is 5.92 Å². The molecule has 0 aliphatic heterocycles. The molecule has 1 heterocycles. The molecule has 0 aliphatic carbocycles. The standard InChI is InChI=1S/C12H22N4/c1-5-14-11-7-13-8-12(15-11)16(6-2)9-10(3)4/h7-8,10H,5-6,9H2,1-4H3,(H,14,15). The van der Waals surface area contributed by atoms with E-state index in [9.17, 15) is 0 Å². The van der Waals surface area contributed by atoms with Crippen LogP contribution in [-0.4, -0.2) is 29.6 Å². The van der Waals surface area contributed by atoms with Gasteiger partial charge in [0.2, 0.25) is 0 Å². The number of aromatic nitrogens is 2. The van der Waals surface area contributed by atoms with E-state index >= 15 is 0 Å². The molecule has 0 radical (unpaired) electrons. The summed E-state index contributed by atoms with van der Waals surface area (Å²) in [5, 5.41) is 3.18. The second-order valence-electron chi connectivity index (χ2n) is 4.23. The predicted octanol–water partition coefficient (Wildman–Crippen LogP) is 2.39. The molecule has 0 fully saturated rings. The first-order chi connectivity index (χ1) is 7.67. The van der Waals surface area contributed by atoms with Crippen LogP contribution < -0.4 is 10.2 Å². The molecule has 0 atom stereocenters. The van der Waals surface area contributed by atoms with Crippen molar-refractivity contribution in [2.45, 2.75) is 27.7 Å². The summed E-state index contributed by atoms with van der Waals surface area (Å²) in [5.74, 6) is 2.43. The lowest BCUT2D eigenvalue weighted by Crippen LogP contribution is -2.28. The van der Waals surface area contributed by atoms with Crippen molar-refractivity contribution in [2.24, 2.45) is 5.92 Å². The van der Waals surface area contributed by atoms with Crippen LogP contribution >= 0.6 is 0 Å². The Labute approximate surface area is 98.1 Å². The third-order valence-corrected chi connectivity index (χ3v) is 2.27. The van der Waals surface area contributed by atoms with Gasteiger partial charge in [-0.3, -0.25) is 4.98 Å². The Morgan fingerprint density at radius 1 is 1.31 bits per heavy atom. The van der Waals surface area contributed by atoms with E-state index in [-0.39, 0.29) is 0 Å². The first kappa shape index (κ1) is 12.7. The number of nitrogens with one attached hydrogen (secondary N) is 1. The topological polar surface area (TPSA) is 41.1 Å². The fraction of sp³-hybridized carbons (Fsp3) is 0.667. The number of hydrogen-bond donors (Lipinski definition) is 1. The number of rotatable bonds is 6. The van der Waals surface area contributed by atoms with Gasteiger partial charge in [0.25, 0.3) is 0 Å². The van der Waals surface area contributed by atoms with Crippen LogP contribution in [0.2, 0.25) is 0 Å². The summed E-state index contributed by atoms with van der Waals surface area (Å²) in [6.07, 6.45) is 3.59. The van der Waals surface area contributed by atoms with E-state index in [1.54, 1.807) is 6.20 Å². The fourth-order valence-corrected chi connectivity index (χ4v) is 1.60. The molecule has 16 heavy (non-hydrogen) atoms. The highest BCUT2D eigenvalue weighted by Crippen LogP contribution is 2.13. The lowest BCUT2D eigenvalue weighted by Gasteiger charge is -2.23. The van der Waals surface area contributed by atoms with Crippen LogP contribution in [0.4, 0.5) is 11.6 Å². The highest BCUT2D eigenvalue weighted by molar-refractivity contribution is 5.43. The maximum Gasteiger partial charge on any atom is 0.149 e. The maximum absolute atomic E-state index is 4.54. The first-order valence-corrected chi connectivity index (χ1v) is 5.98. The molecule has 1 aromatic rings. The predicted molar refractivity (Wildman–Crippen MR) is 68.9 cm³/mol. The summed E-state index contributed by atoms with van der Waals surface area (Å²) in [6, 6.07) is 0. The molecule has 0 bridgehead atoms. The molecule has 90 valence electrons. The van der Waals surface area contributed by atoms with Crippen molar-refractivity contribution in [3.8, 4) is 0 Å². The summed E-state index contributed by atoms with van der Waals surface area (Å²) in [7, 11) is 0. The Balaban J connectivity index is 2.79. The van der Waals surface area contributed by atoms with Gasteiger partial charge >= 0.3 is 0 Å². The number of nitrogens with zero attached hydrogens (tertiary/aromatic N) is 3. The van der Waals surface area contributed by atoms with Gasteiger partial charge in [-0.05, 0) is 19.8 Å². The van der Waals surface area contributed by atoms with Gasteiger partial charge in [0.15, 0.2) is 0 Å². The Morgan fingerprint density at radius 2 is 2.06 bits per heavy atom. The molecular weight excluding hydrogens is 200 g/mol. The van der Waals surface area contributed by atoms with Crippen LogP contribution in [0.15, 0.2) is 12.4 Å². The van der Waals surface area contributed by atoms with Crippen LogP contribution in [0.3, 0.4) is 0 Å². The molecule has 0 saturated carbocycles. The lowest BCUT2D eigenvalue weighted by molar-refractivity contribution is 0.614. The Kier molecular flexibility index (Phi) is 5.02. The van der Waals surface area contributed by atoms with Gasteiger partial charge in [-0.25, -0.2) is 4.98 Å². The third kappa shape index (κ3) is 3.68. The monoisotopic (exact) mass is 222 g/mol. The van der Waals surface area contributed by atoms with Crippen molar-refractivity contribution >= 4 is 11.6 Å². The summed E-state index contributed by atoms with van der Waals surface area (Å²) in [6.45, 7) is 11.5. The van der Waals surface area contributed by atoms with Crippen molar-refractivity contribution in [3.63, 3.8) is 0 Å². The van der Waals surface area contributed by atoms with Crippen molar-refractivity contribution in [1.29, 1.82) is 0 Å². The van der Waals surface area contributed by atoms with E-state index in [4.69, 9.17) is 0 Å². The fourth-order valence-electron chi connectivity index (χ4n) is 1.60. The van der Waals surface area contributed by atoms with E-state index in [2.05, 4.69) is 47.9 Å². The van der Waals surface area contributed by atoms with Crippen molar-refractivity contribution in [3.05, 3.63) is 12.4 Å². The van der Waals surface area contributed by atoms with Gasteiger partial charge in [0.05, 0.1) is 12.4 Å². The second-order valence-corrected chi connectivity index (χ2v) is 4.23. The van der Waals surface area contributed by atoms with Crippen LogP contribution in [0.25, 0.3) is 0 Å². The first-order valence-electron chi connectivity index (χ1n) is 5.98. The van der Waals surface area contributed by atoms with Gasteiger partial charge in [-0.2, -0.15) is 0 Å². The zero-order valence-electron chi connectivity index (χ0n) is 10.7. The average Bonchev–Trinajstić information content (AvgIpc) is 2.26. The molecule has 1 rings (SSSR count). The summed E-state index contributed by atoms with van der Waals surface area (Å²) in [5.41, 5.74) is 0. The third-order valence-electron chi connectivity index (χ3n) is 2.27. The van der Waals surface area contributed by atoms with Crippen molar-refractivity contribution in [1.82, 2.24) is 9.97 Å². The van der Waals surface area contributed by atoms with Crippen LogP contribution in [0.1, 0.15) is 27.7 Å². The van der Waals surface area contributed by atoms with Crippen molar-refractivity contribution < 1.29 is 0 Å². The largest absolute Gasteiger partial charge is 0.369 e. The lowest BCUT2D eigenvalue weighted by atomic mass is 10.2. The molecule has 1 N–H and O–H groups in total. The van der Waals surface area contributed by atoms with E-state index in [1.807, 2.05) is 6.20 Å². The maximum atomic E-state index is 4.54. The molecule has 0 aliphatic rings. The minimum absolute atomic E-state index is 0.629.